The molecule has 0 unspecified atom stereocenters. The predicted molar refractivity (Wildman–Crippen MR) is 257 cm³/mol. The van der Waals surface area contributed by atoms with Gasteiger partial charge in [0.15, 0.2) is 0 Å². The Morgan fingerprint density at radius 2 is 0.869 bits per heavy atom. The van der Waals surface area contributed by atoms with Gasteiger partial charge in [-0.3, -0.25) is 0 Å². The number of fused-ring (bicyclic) bond motifs is 7. The van der Waals surface area contributed by atoms with Crippen molar-refractivity contribution in [2.75, 3.05) is 4.90 Å². The second-order valence-electron chi connectivity index (χ2n) is 15.7. The van der Waals surface area contributed by atoms with Crippen LogP contribution in [0.5, 0.6) is 0 Å². The Morgan fingerprint density at radius 1 is 0.311 bits per heavy atom. The largest absolute Gasteiger partial charge is 0.456 e. The zero-order valence-corrected chi connectivity index (χ0v) is 33.2. The van der Waals surface area contributed by atoms with Crippen molar-refractivity contribution < 1.29 is 4.42 Å². The van der Waals surface area contributed by atoms with Crippen LogP contribution in [0, 0.1) is 0 Å². The molecule has 0 N–H and O–H groups in total. The van der Waals surface area contributed by atoms with E-state index in [1.54, 1.807) is 0 Å². The number of para-hydroxylation sites is 4. The molecule has 3 heteroatoms. The van der Waals surface area contributed by atoms with Crippen LogP contribution in [-0.2, 0) is 0 Å². The zero-order chi connectivity index (χ0) is 40.3. The van der Waals surface area contributed by atoms with Crippen molar-refractivity contribution in [2.24, 2.45) is 0 Å². The van der Waals surface area contributed by atoms with Gasteiger partial charge >= 0.3 is 0 Å². The summed E-state index contributed by atoms with van der Waals surface area (Å²) in [5.74, 6) is 0. The number of rotatable bonds is 7. The van der Waals surface area contributed by atoms with Crippen LogP contribution in [0.25, 0.3) is 93.6 Å². The smallest absolute Gasteiger partial charge is 0.136 e. The van der Waals surface area contributed by atoms with Crippen molar-refractivity contribution >= 4 is 71.6 Å². The second kappa shape index (κ2) is 14.3. The first kappa shape index (κ1) is 34.9. The van der Waals surface area contributed by atoms with Crippen LogP contribution in [0.15, 0.2) is 235 Å². The van der Waals surface area contributed by atoms with Gasteiger partial charge < -0.3 is 13.9 Å². The van der Waals surface area contributed by atoms with Crippen LogP contribution in [0.4, 0.5) is 17.1 Å². The lowest BCUT2D eigenvalue weighted by Gasteiger charge is -2.26. The van der Waals surface area contributed by atoms with Crippen molar-refractivity contribution in [3.05, 3.63) is 231 Å². The number of furan rings is 1. The van der Waals surface area contributed by atoms with Crippen LogP contribution in [0.3, 0.4) is 0 Å². The molecule has 0 bridgehead atoms. The molecule has 10 aromatic carbocycles. The summed E-state index contributed by atoms with van der Waals surface area (Å²) in [7, 11) is 0. The van der Waals surface area contributed by atoms with Gasteiger partial charge in [-0.05, 0) is 117 Å². The first-order chi connectivity index (χ1) is 30.2. The number of hydrogen-bond donors (Lipinski definition) is 0. The number of nitrogens with zero attached hydrogens (tertiary/aromatic N) is 2. The lowest BCUT2D eigenvalue weighted by atomic mass is 10.00. The fraction of sp³-hybridized carbons (Fsp3) is 0. The van der Waals surface area contributed by atoms with Gasteiger partial charge in [0.1, 0.15) is 11.2 Å². The monoisotopic (exact) mass is 778 g/mol. The molecule has 0 saturated heterocycles. The van der Waals surface area contributed by atoms with Crippen molar-refractivity contribution in [2.45, 2.75) is 0 Å². The Bertz CT molecular complexity index is 3540. The highest BCUT2D eigenvalue weighted by Crippen LogP contribution is 2.41. The number of hydrogen-bond acceptors (Lipinski definition) is 2. The molecule has 0 aliphatic heterocycles. The topological polar surface area (TPSA) is 21.3 Å². The van der Waals surface area contributed by atoms with Crippen molar-refractivity contribution in [3.8, 4) is 39.1 Å². The maximum absolute atomic E-state index is 6.31. The van der Waals surface area contributed by atoms with Gasteiger partial charge in [0, 0.05) is 44.2 Å². The SMILES string of the molecule is c1cc(-c2ccc3c(c2)oc2ccccc23)cc(N(c2ccc(-c3ccc4ccccc4c3)cc2)c2ccc(-c3ccccc3-n3c4ccccc4c4ccccc43)cc2)c1. The number of aromatic nitrogens is 1. The molecule has 12 rings (SSSR count). The summed E-state index contributed by atoms with van der Waals surface area (Å²) in [6.45, 7) is 0. The molecule has 0 fully saturated rings. The van der Waals surface area contributed by atoms with E-state index >= 15 is 0 Å². The summed E-state index contributed by atoms with van der Waals surface area (Å²) >= 11 is 0. The predicted octanol–water partition coefficient (Wildman–Crippen LogP) is 16.3. The molecule has 2 aromatic heterocycles. The van der Waals surface area contributed by atoms with Crippen molar-refractivity contribution in [1.82, 2.24) is 4.57 Å². The molecule has 0 saturated carbocycles. The fourth-order valence-corrected chi connectivity index (χ4v) is 9.23. The third kappa shape index (κ3) is 5.98. The first-order valence-electron chi connectivity index (χ1n) is 20.8. The van der Waals surface area contributed by atoms with Gasteiger partial charge in [-0.2, -0.15) is 0 Å². The van der Waals surface area contributed by atoms with Crippen molar-refractivity contribution in [3.63, 3.8) is 0 Å². The molecule has 0 atom stereocenters. The van der Waals surface area contributed by atoms with Gasteiger partial charge in [0.05, 0.1) is 16.7 Å². The molecule has 0 spiro atoms. The highest BCUT2D eigenvalue weighted by Gasteiger charge is 2.18. The normalized spacial score (nSPS) is 11.6. The lowest BCUT2D eigenvalue weighted by molar-refractivity contribution is 0.669. The molecule has 0 amide bonds. The minimum atomic E-state index is 0.891. The minimum Gasteiger partial charge on any atom is -0.456 e. The minimum absolute atomic E-state index is 0.891. The van der Waals surface area contributed by atoms with Gasteiger partial charge in [-0.15, -0.1) is 0 Å². The Balaban J connectivity index is 0.962. The molecule has 3 nitrogen and oxygen atoms in total. The van der Waals surface area contributed by atoms with Crippen LogP contribution >= 0.6 is 0 Å². The maximum Gasteiger partial charge on any atom is 0.136 e. The fourth-order valence-electron chi connectivity index (χ4n) is 9.23. The van der Waals surface area contributed by atoms with Crippen LogP contribution in [-0.4, -0.2) is 4.57 Å². The summed E-state index contributed by atoms with van der Waals surface area (Å²) in [4.78, 5) is 2.36. The number of anilines is 3. The molecule has 61 heavy (non-hydrogen) atoms. The Labute approximate surface area is 353 Å². The maximum atomic E-state index is 6.31. The average Bonchev–Trinajstić information content (AvgIpc) is 3.87. The van der Waals surface area contributed by atoms with E-state index in [1.807, 2.05) is 12.1 Å². The standard InChI is InChI=1S/C58H38N2O/c1-2-13-42-36-44(25-24-39(42)12-1)40-26-31-46(32-27-40)59(48-15-11-14-43(37-48)45-30-35-53-52-19-6-10-23-57(52)61-58(53)38-45)47-33-28-41(29-34-47)49-16-3-7-20-54(49)60-55-21-8-4-17-50(55)51-18-5-9-22-56(51)60/h1-38H. The van der Waals surface area contributed by atoms with E-state index in [4.69, 9.17) is 4.42 Å². The summed E-state index contributed by atoms with van der Waals surface area (Å²) in [6.07, 6.45) is 0. The quantitative estimate of drug-likeness (QED) is 0.161. The van der Waals surface area contributed by atoms with E-state index in [2.05, 4.69) is 228 Å². The summed E-state index contributed by atoms with van der Waals surface area (Å²) < 4.78 is 8.72. The summed E-state index contributed by atoms with van der Waals surface area (Å²) in [5, 5.41) is 7.26. The van der Waals surface area contributed by atoms with Crippen LogP contribution in [0.2, 0.25) is 0 Å². The summed E-state index contributed by atoms with van der Waals surface area (Å²) in [5.41, 5.74) is 15.5. The molecule has 2 heterocycles. The molecule has 286 valence electrons. The molecule has 0 aliphatic rings. The highest BCUT2D eigenvalue weighted by molar-refractivity contribution is 6.10. The third-order valence-electron chi connectivity index (χ3n) is 12.2. The Kier molecular flexibility index (Phi) is 8.17. The van der Waals surface area contributed by atoms with Crippen LogP contribution in [0.1, 0.15) is 0 Å². The molecule has 0 aliphatic carbocycles. The van der Waals surface area contributed by atoms with Gasteiger partial charge in [-0.25, -0.2) is 0 Å². The van der Waals surface area contributed by atoms with E-state index in [9.17, 15) is 0 Å². The Morgan fingerprint density at radius 3 is 1.64 bits per heavy atom. The van der Waals surface area contributed by atoms with E-state index in [0.717, 1.165) is 61.4 Å². The molecular weight excluding hydrogens is 741 g/mol. The van der Waals surface area contributed by atoms with Gasteiger partial charge in [-0.1, -0.05) is 152 Å². The molecular formula is C58H38N2O. The molecule has 12 aromatic rings. The first-order valence-corrected chi connectivity index (χ1v) is 20.8. The third-order valence-corrected chi connectivity index (χ3v) is 12.2. The zero-order valence-electron chi connectivity index (χ0n) is 33.2. The van der Waals surface area contributed by atoms with E-state index in [-0.39, 0.29) is 0 Å². The van der Waals surface area contributed by atoms with Gasteiger partial charge in [0.2, 0.25) is 0 Å². The van der Waals surface area contributed by atoms with E-state index in [0.29, 0.717) is 0 Å². The number of benzene rings is 10. The molecule has 0 radical (unpaired) electrons. The van der Waals surface area contributed by atoms with Gasteiger partial charge in [0.25, 0.3) is 0 Å². The average molecular weight is 779 g/mol. The van der Waals surface area contributed by atoms with Crippen LogP contribution < -0.4 is 4.90 Å². The summed E-state index contributed by atoms with van der Waals surface area (Å²) in [6, 6.07) is 83.0. The highest BCUT2D eigenvalue weighted by atomic mass is 16.3. The van der Waals surface area contributed by atoms with E-state index in [1.165, 1.54) is 49.3 Å². The lowest BCUT2D eigenvalue weighted by Crippen LogP contribution is -2.10. The van der Waals surface area contributed by atoms with E-state index < -0.39 is 0 Å². The second-order valence-corrected chi connectivity index (χ2v) is 15.7. The van der Waals surface area contributed by atoms with Crippen molar-refractivity contribution in [1.29, 1.82) is 0 Å². The Hall–Kier alpha value is -8.14.